The first-order valence-electron chi connectivity index (χ1n) is 7.68. The van der Waals surface area contributed by atoms with E-state index in [1.165, 1.54) is 12.8 Å². The molecule has 0 unspecified atom stereocenters. The second-order valence-corrected chi connectivity index (χ2v) is 5.71. The van der Waals surface area contributed by atoms with Crippen LogP contribution < -0.4 is 10.6 Å². The summed E-state index contributed by atoms with van der Waals surface area (Å²) in [5.74, 6) is 1.03. The van der Waals surface area contributed by atoms with Crippen LogP contribution in [-0.4, -0.2) is 23.1 Å². The van der Waals surface area contributed by atoms with Gasteiger partial charge in [0.15, 0.2) is 0 Å². The predicted octanol–water partition coefficient (Wildman–Crippen LogP) is 3.48. The Morgan fingerprint density at radius 3 is 2.68 bits per heavy atom. The average molecular weight is 290 g/mol. The number of para-hydroxylation sites is 1. The van der Waals surface area contributed by atoms with E-state index in [0.29, 0.717) is 0 Å². The summed E-state index contributed by atoms with van der Waals surface area (Å²) in [6.45, 7) is 2.17. The Morgan fingerprint density at radius 1 is 1.00 bits per heavy atom. The molecular weight excluding hydrogens is 272 g/mol. The minimum absolute atomic E-state index is 0.764. The Labute approximate surface area is 129 Å². The van der Waals surface area contributed by atoms with Crippen LogP contribution in [0.5, 0.6) is 0 Å². The maximum atomic E-state index is 6.19. The zero-order valence-corrected chi connectivity index (χ0v) is 12.4. The van der Waals surface area contributed by atoms with Gasteiger partial charge in [0, 0.05) is 35.9 Å². The third-order valence-corrected chi connectivity index (χ3v) is 4.22. The number of nitrogen functional groups attached to an aromatic ring is 1. The van der Waals surface area contributed by atoms with Crippen LogP contribution in [-0.2, 0) is 0 Å². The van der Waals surface area contributed by atoms with Gasteiger partial charge in [0.05, 0.1) is 11.2 Å². The van der Waals surface area contributed by atoms with Gasteiger partial charge in [-0.3, -0.25) is 0 Å². The number of aromatic nitrogens is 2. The quantitative estimate of drug-likeness (QED) is 0.785. The summed E-state index contributed by atoms with van der Waals surface area (Å²) in [6.07, 6.45) is 4.34. The standard InChI is InChI=1S/C18H18N4/c19-15-12-17(21-16-6-2-1-5-14(15)16)13-7-8-20-18(11-13)22-9-3-4-10-22/h1-2,5-8,11-12H,3-4,9-10H2,(H2,19,21). The van der Waals surface area contributed by atoms with Crippen LogP contribution >= 0.6 is 0 Å². The number of anilines is 2. The molecule has 110 valence electrons. The molecule has 0 atom stereocenters. The fourth-order valence-corrected chi connectivity index (χ4v) is 3.05. The van der Waals surface area contributed by atoms with E-state index in [-0.39, 0.29) is 0 Å². The van der Waals surface area contributed by atoms with Crippen molar-refractivity contribution < 1.29 is 0 Å². The summed E-state index contributed by atoms with van der Waals surface area (Å²) >= 11 is 0. The van der Waals surface area contributed by atoms with Crippen molar-refractivity contribution in [3.8, 4) is 11.3 Å². The summed E-state index contributed by atoms with van der Waals surface area (Å²) in [5.41, 5.74) is 9.85. The average Bonchev–Trinajstić information content (AvgIpc) is 3.09. The van der Waals surface area contributed by atoms with Gasteiger partial charge in [-0.2, -0.15) is 0 Å². The molecule has 1 aliphatic heterocycles. The Bertz CT molecular complexity index is 822. The molecule has 0 aliphatic carbocycles. The fraction of sp³-hybridized carbons (Fsp3) is 0.222. The van der Waals surface area contributed by atoms with Crippen LogP contribution in [0.15, 0.2) is 48.7 Å². The summed E-state index contributed by atoms with van der Waals surface area (Å²) in [5, 5.41) is 1.00. The molecule has 1 aromatic carbocycles. The normalized spacial score (nSPS) is 14.6. The van der Waals surface area contributed by atoms with Crippen LogP contribution in [0.3, 0.4) is 0 Å². The van der Waals surface area contributed by atoms with Crippen molar-refractivity contribution in [3.63, 3.8) is 0 Å². The zero-order valence-electron chi connectivity index (χ0n) is 12.4. The zero-order chi connectivity index (χ0) is 14.9. The van der Waals surface area contributed by atoms with Gasteiger partial charge in [-0.1, -0.05) is 18.2 Å². The second kappa shape index (κ2) is 5.30. The fourth-order valence-electron chi connectivity index (χ4n) is 3.05. The lowest BCUT2D eigenvalue weighted by Gasteiger charge is -2.17. The molecule has 0 amide bonds. The van der Waals surface area contributed by atoms with Gasteiger partial charge < -0.3 is 10.6 Å². The first-order chi connectivity index (χ1) is 10.8. The number of benzene rings is 1. The molecule has 3 heterocycles. The van der Waals surface area contributed by atoms with Gasteiger partial charge in [0.25, 0.3) is 0 Å². The Morgan fingerprint density at radius 2 is 1.82 bits per heavy atom. The van der Waals surface area contributed by atoms with Gasteiger partial charge in [-0.05, 0) is 37.1 Å². The summed E-state index contributed by atoms with van der Waals surface area (Å²) in [7, 11) is 0. The molecule has 0 spiro atoms. The number of fused-ring (bicyclic) bond motifs is 1. The van der Waals surface area contributed by atoms with Gasteiger partial charge in [-0.15, -0.1) is 0 Å². The van der Waals surface area contributed by atoms with Gasteiger partial charge >= 0.3 is 0 Å². The molecule has 1 fully saturated rings. The minimum Gasteiger partial charge on any atom is -0.398 e. The monoisotopic (exact) mass is 290 g/mol. The molecule has 22 heavy (non-hydrogen) atoms. The smallest absolute Gasteiger partial charge is 0.129 e. The first kappa shape index (κ1) is 13.1. The highest BCUT2D eigenvalue weighted by molar-refractivity contribution is 5.92. The molecule has 3 aromatic rings. The highest BCUT2D eigenvalue weighted by atomic mass is 15.2. The van der Waals surface area contributed by atoms with Crippen molar-refractivity contribution in [3.05, 3.63) is 48.7 Å². The van der Waals surface area contributed by atoms with Crippen molar-refractivity contribution in [2.24, 2.45) is 0 Å². The second-order valence-electron chi connectivity index (χ2n) is 5.71. The van der Waals surface area contributed by atoms with Crippen LogP contribution in [0.1, 0.15) is 12.8 Å². The van der Waals surface area contributed by atoms with E-state index in [1.807, 2.05) is 42.6 Å². The van der Waals surface area contributed by atoms with Gasteiger partial charge in [-0.25, -0.2) is 9.97 Å². The Hall–Kier alpha value is -2.62. The maximum absolute atomic E-state index is 6.19. The van der Waals surface area contributed by atoms with Crippen molar-refractivity contribution in [1.29, 1.82) is 0 Å². The van der Waals surface area contributed by atoms with Crippen LogP contribution in [0.25, 0.3) is 22.2 Å². The highest BCUT2D eigenvalue weighted by Crippen LogP contribution is 2.28. The molecule has 0 bridgehead atoms. The topological polar surface area (TPSA) is 55.0 Å². The van der Waals surface area contributed by atoms with E-state index in [2.05, 4.69) is 16.0 Å². The molecule has 0 radical (unpaired) electrons. The van der Waals surface area contributed by atoms with Gasteiger partial charge in [0.1, 0.15) is 5.82 Å². The molecule has 4 heteroatoms. The molecule has 0 saturated carbocycles. The number of pyridine rings is 2. The highest BCUT2D eigenvalue weighted by Gasteiger charge is 2.14. The van der Waals surface area contributed by atoms with Crippen molar-refractivity contribution >= 4 is 22.4 Å². The van der Waals surface area contributed by atoms with Crippen molar-refractivity contribution in [2.75, 3.05) is 23.7 Å². The number of nitrogens with zero attached hydrogens (tertiary/aromatic N) is 3. The molecular formula is C18H18N4. The Kier molecular flexibility index (Phi) is 3.15. The number of hydrogen-bond donors (Lipinski definition) is 1. The number of rotatable bonds is 2. The SMILES string of the molecule is Nc1cc(-c2ccnc(N3CCCC3)c2)nc2ccccc12. The van der Waals surface area contributed by atoms with E-state index in [9.17, 15) is 0 Å². The predicted molar refractivity (Wildman–Crippen MR) is 90.8 cm³/mol. The number of hydrogen-bond acceptors (Lipinski definition) is 4. The third kappa shape index (κ3) is 2.26. The first-order valence-corrected chi connectivity index (χ1v) is 7.68. The lowest BCUT2D eigenvalue weighted by atomic mass is 10.1. The summed E-state index contributed by atoms with van der Waals surface area (Å²) < 4.78 is 0. The summed E-state index contributed by atoms with van der Waals surface area (Å²) in [6, 6.07) is 14.0. The van der Waals surface area contributed by atoms with E-state index >= 15 is 0 Å². The van der Waals surface area contributed by atoms with E-state index < -0.39 is 0 Å². The molecule has 4 nitrogen and oxygen atoms in total. The lowest BCUT2D eigenvalue weighted by Crippen LogP contribution is -2.18. The van der Waals surface area contributed by atoms with Crippen molar-refractivity contribution in [2.45, 2.75) is 12.8 Å². The molecule has 1 saturated heterocycles. The summed E-state index contributed by atoms with van der Waals surface area (Å²) in [4.78, 5) is 11.6. The molecule has 2 N–H and O–H groups in total. The maximum Gasteiger partial charge on any atom is 0.129 e. The molecule has 4 rings (SSSR count). The van der Waals surface area contributed by atoms with Crippen LogP contribution in [0, 0.1) is 0 Å². The lowest BCUT2D eigenvalue weighted by molar-refractivity contribution is 0.938. The van der Waals surface area contributed by atoms with E-state index in [4.69, 9.17) is 10.7 Å². The number of nitrogens with two attached hydrogens (primary N) is 1. The van der Waals surface area contributed by atoms with Crippen molar-refractivity contribution in [1.82, 2.24) is 9.97 Å². The van der Waals surface area contributed by atoms with Crippen LogP contribution in [0.2, 0.25) is 0 Å². The largest absolute Gasteiger partial charge is 0.398 e. The Balaban J connectivity index is 1.79. The molecule has 2 aromatic heterocycles. The van der Waals surface area contributed by atoms with E-state index in [1.54, 1.807) is 0 Å². The third-order valence-electron chi connectivity index (χ3n) is 4.22. The van der Waals surface area contributed by atoms with Gasteiger partial charge in [0.2, 0.25) is 0 Å². The minimum atomic E-state index is 0.764. The molecule has 1 aliphatic rings. The van der Waals surface area contributed by atoms with Crippen LogP contribution in [0.4, 0.5) is 11.5 Å². The van der Waals surface area contributed by atoms with E-state index in [0.717, 1.165) is 46.8 Å².